The van der Waals surface area contributed by atoms with Crippen LogP contribution in [0.1, 0.15) is 6.42 Å². The Kier molecular flexibility index (Phi) is 5.16. The van der Waals surface area contributed by atoms with Crippen LogP contribution < -0.4 is 0 Å². The second-order valence-corrected chi connectivity index (χ2v) is 3.29. The van der Waals surface area contributed by atoms with Gasteiger partial charge in [-0.25, -0.2) is 9.79 Å². The fourth-order valence-electron chi connectivity index (χ4n) is 1.21. The molecule has 1 atom stereocenters. The van der Waals surface area contributed by atoms with E-state index in [-0.39, 0.29) is 12.3 Å². The number of benzene rings is 1. The lowest BCUT2D eigenvalue weighted by Gasteiger charge is -2.09. The van der Waals surface area contributed by atoms with Gasteiger partial charge in [-0.3, -0.25) is 0 Å². The smallest absolute Gasteiger partial charge is 0.335 e. The third-order valence-corrected chi connectivity index (χ3v) is 2.09. The minimum Gasteiger partial charge on any atom is -0.484 e. The molecule has 0 saturated carbocycles. The minimum absolute atomic E-state index is 0.0158. The number of carbonyl (C=O) groups excluding carboxylic acids is 1. The van der Waals surface area contributed by atoms with Gasteiger partial charge in [0.15, 0.2) is 12.0 Å². The molecule has 0 aliphatic carbocycles. The number of methoxy groups -OCH3 is 2. The number of aliphatic hydroxyl groups excluding tert-OH is 1. The highest BCUT2D eigenvalue weighted by atomic mass is 16.5. The molecule has 0 unspecified atom stereocenters. The maximum atomic E-state index is 11.0. The molecule has 1 aromatic rings. The van der Waals surface area contributed by atoms with Crippen molar-refractivity contribution >= 4 is 17.6 Å². The van der Waals surface area contributed by atoms with Gasteiger partial charge in [0.25, 0.3) is 0 Å². The monoisotopic (exact) mass is 237 g/mol. The van der Waals surface area contributed by atoms with Crippen LogP contribution in [0.15, 0.2) is 35.3 Å². The molecule has 0 amide bonds. The van der Waals surface area contributed by atoms with E-state index in [2.05, 4.69) is 9.73 Å². The van der Waals surface area contributed by atoms with E-state index in [1.54, 1.807) is 12.1 Å². The summed E-state index contributed by atoms with van der Waals surface area (Å²) in [5.74, 6) is -0.433. The zero-order valence-electron chi connectivity index (χ0n) is 9.79. The molecule has 5 heteroatoms. The molecule has 0 aromatic heterocycles. The molecule has 0 aliphatic rings. The van der Waals surface area contributed by atoms with Crippen molar-refractivity contribution in [2.24, 2.45) is 4.99 Å². The summed E-state index contributed by atoms with van der Waals surface area (Å²) in [4.78, 5) is 15.2. The Labute approximate surface area is 99.7 Å². The predicted molar refractivity (Wildman–Crippen MR) is 63.2 cm³/mol. The second-order valence-electron chi connectivity index (χ2n) is 3.29. The molecule has 0 bridgehead atoms. The summed E-state index contributed by atoms with van der Waals surface area (Å²) in [6.07, 6.45) is -1.28. The Morgan fingerprint density at radius 1 is 1.29 bits per heavy atom. The number of aliphatic hydroxyl groups is 1. The summed E-state index contributed by atoms with van der Waals surface area (Å²) in [5, 5.41) is 9.46. The molecule has 1 N–H and O–H groups in total. The van der Waals surface area contributed by atoms with Gasteiger partial charge in [-0.1, -0.05) is 18.2 Å². The number of rotatable bonds is 4. The van der Waals surface area contributed by atoms with Crippen LogP contribution >= 0.6 is 0 Å². The topological polar surface area (TPSA) is 68.1 Å². The third kappa shape index (κ3) is 4.24. The van der Waals surface area contributed by atoms with Crippen molar-refractivity contribution in [2.45, 2.75) is 12.5 Å². The van der Waals surface area contributed by atoms with Crippen LogP contribution in [0.25, 0.3) is 0 Å². The maximum absolute atomic E-state index is 11.0. The van der Waals surface area contributed by atoms with Gasteiger partial charge in [0.1, 0.15) is 0 Å². The number of esters is 1. The molecule has 0 radical (unpaired) electrons. The molecule has 1 rings (SSSR count). The molecule has 0 aliphatic heterocycles. The van der Waals surface area contributed by atoms with Crippen molar-refractivity contribution in [3.05, 3.63) is 30.3 Å². The van der Waals surface area contributed by atoms with Crippen molar-refractivity contribution in [2.75, 3.05) is 14.2 Å². The van der Waals surface area contributed by atoms with E-state index < -0.39 is 12.1 Å². The highest BCUT2D eigenvalue weighted by Gasteiger charge is 2.18. The van der Waals surface area contributed by atoms with Crippen LogP contribution in [0.3, 0.4) is 0 Å². The van der Waals surface area contributed by atoms with Crippen LogP contribution in [0.2, 0.25) is 0 Å². The van der Waals surface area contributed by atoms with E-state index in [0.717, 1.165) is 0 Å². The van der Waals surface area contributed by atoms with Crippen LogP contribution in [0, 0.1) is 0 Å². The Balaban J connectivity index is 2.72. The molecule has 0 spiro atoms. The summed E-state index contributed by atoms with van der Waals surface area (Å²) in [6.45, 7) is 0. The maximum Gasteiger partial charge on any atom is 0.335 e. The lowest BCUT2D eigenvalue weighted by Crippen LogP contribution is -2.25. The quantitative estimate of drug-likeness (QED) is 0.486. The van der Waals surface area contributed by atoms with Gasteiger partial charge in [0.2, 0.25) is 0 Å². The first kappa shape index (κ1) is 13.2. The van der Waals surface area contributed by atoms with Gasteiger partial charge < -0.3 is 14.6 Å². The first-order valence-electron chi connectivity index (χ1n) is 5.10. The minimum atomic E-state index is -1.26. The zero-order chi connectivity index (χ0) is 12.7. The Hall–Kier alpha value is -1.88. The van der Waals surface area contributed by atoms with Gasteiger partial charge in [0, 0.05) is 0 Å². The normalized spacial score (nSPS) is 13.0. The number of aliphatic imine (C=N–C) groups is 1. The predicted octanol–water partition coefficient (Wildman–Crippen LogP) is 1.29. The average molecular weight is 237 g/mol. The lowest BCUT2D eigenvalue weighted by atomic mass is 10.2. The van der Waals surface area contributed by atoms with E-state index in [9.17, 15) is 9.90 Å². The van der Waals surface area contributed by atoms with Crippen LogP contribution in [-0.2, 0) is 14.3 Å². The van der Waals surface area contributed by atoms with Crippen molar-refractivity contribution in [3.63, 3.8) is 0 Å². The molecule has 0 saturated heterocycles. The van der Waals surface area contributed by atoms with Gasteiger partial charge in [-0.2, -0.15) is 0 Å². The number of para-hydroxylation sites is 1. The molecular formula is C12H15NO4. The molecule has 0 heterocycles. The molecule has 92 valence electrons. The molecule has 0 fully saturated rings. The number of ether oxygens (including phenoxy) is 2. The van der Waals surface area contributed by atoms with Gasteiger partial charge in [0.05, 0.1) is 26.3 Å². The number of carbonyl (C=O) groups is 1. The second kappa shape index (κ2) is 6.65. The SMILES string of the molecule is COC(=O)[C@@H](O)CC(=Nc1ccccc1)OC. The van der Waals surface area contributed by atoms with Gasteiger partial charge in [-0.05, 0) is 12.1 Å². The zero-order valence-corrected chi connectivity index (χ0v) is 9.79. The van der Waals surface area contributed by atoms with Crippen LogP contribution in [-0.4, -0.2) is 37.3 Å². The first-order chi connectivity index (χ1) is 8.17. The lowest BCUT2D eigenvalue weighted by molar-refractivity contribution is -0.150. The van der Waals surface area contributed by atoms with Gasteiger partial charge in [-0.15, -0.1) is 0 Å². The fourth-order valence-corrected chi connectivity index (χ4v) is 1.21. The standard InChI is InChI=1S/C12H15NO4/c1-16-11(8-10(14)12(15)17-2)13-9-6-4-3-5-7-9/h3-7,10,14H,8H2,1-2H3/t10-/m0/s1. The summed E-state index contributed by atoms with van der Waals surface area (Å²) in [7, 11) is 2.65. The Morgan fingerprint density at radius 3 is 2.47 bits per heavy atom. The summed E-state index contributed by atoms with van der Waals surface area (Å²) in [5.41, 5.74) is 0.696. The summed E-state index contributed by atoms with van der Waals surface area (Å²) >= 11 is 0. The highest BCUT2D eigenvalue weighted by molar-refractivity contribution is 5.85. The van der Waals surface area contributed by atoms with Crippen LogP contribution in [0.4, 0.5) is 5.69 Å². The Morgan fingerprint density at radius 2 is 1.94 bits per heavy atom. The molecular weight excluding hydrogens is 222 g/mol. The number of nitrogens with zero attached hydrogens (tertiary/aromatic N) is 1. The molecule has 17 heavy (non-hydrogen) atoms. The first-order valence-corrected chi connectivity index (χ1v) is 5.10. The van der Waals surface area contributed by atoms with Crippen LogP contribution in [0.5, 0.6) is 0 Å². The summed E-state index contributed by atoms with van der Waals surface area (Å²) < 4.78 is 9.41. The fraction of sp³-hybridized carbons (Fsp3) is 0.333. The van der Waals surface area contributed by atoms with Gasteiger partial charge >= 0.3 is 5.97 Å². The molecule has 1 aromatic carbocycles. The van der Waals surface area contributed by atoms with E-state index in [1.165, 1.54) is 14.2 Å². The van der Waals surface area contributed by atoms with Crippen molar-refractivity contribution in [1.29, 1.82) is 0 Å². The average Bonchev–Trinajstić information content (AvgIpc) is 2.38. The van der Waals surface area contributed by atoms with E-state index in [1.807, 2.05) is 18.2 Å². The Bertz CT molecular complexity index is 389. The van der Waals surface area contributed by atoms with E-state index in [0.29, 0.717) is 5.69 Å². The number of hydrogen-bond donors (Lipinski definition) is 1. The highest BCUT2D eigenvalue weighted by Crippen LogP contribution is 2.12. The van der Waals surface area contributed by atoms with Crippen molar-refractivity contribution < 1.29 is 19.4 Å². The van der Waals surface area contributed by atoms with E-state index >= 15 is 0 Å². The van der Waals surface area contributed by atoms with Crippen molar-refractivity contribution in [1.82, 2.24) is 0 Å². The number of hydrogen-bond acceptors (Lipinski definition) is 5. The third-order valence-electron chi connectivity index (χ3n) is 2.09. The van der Waals surface area contributed by atoms with E-state index in [4.69, 9.17) is 4.74 Å². The molecule has 5 nitrogen and oxygen atoms in total. The largest absolute Gasteiger partial charge is 0.484 e. The van der Waals surface area contributed by atoms with Crippen molar-refractivity contribution in [3.8, 4) is 0 Å². The summed E-state index contributed by atoms with van der Waals surface area (Å²) in [6, 6.07) is 9.13.